The molecular formula is C9H18ClN2OSiZn-. The van der Waals surface area contributed by atoms with Gasteiger partial charge in [0.15, 0.2) is 0 Å². The Morgan fingerprint density at radius 2 is 1.73 bits per heavy atom. The van der Waals surface area contributed by atoms with E-state index in [0.717, 1.165) is 12.4 Å². The third-order valence-electron chi connectivity index (χ3n) is 1.83. The molecule has 0 radical (unpaired) electrons. The summed E-state index contributed by atoms with van der Waals surface area (Å²) in [6.45, 7) is 9.54. The van der Waals surface area contributed by atoms with Gasteiger partial charge in [0.1, 0.15) is 0 Å². The predicted molar refractivity (Wildman–Crippen MR) is 62.6 cm³/mol. The molecule has 6 heteroatoms. The summed E-state index contributed by atoms with van der Waals surface area (Å²) in [5.74, 6) is 0.848. The van der Waals surface area contributed by atoms with Gasteiger partial charge in [-0.2, -0.15) is 0 Å². The predicted octanol–water partition coefficient (Wildman–Crippen LogP) is 2.57. The zero-order valence-corrected chi connectivity index (χ0v) is 14.6. The molecule has 0 spiro atoms. The van der Waals surface area contributed by atoms with E-state index in [-0.39, 0.29) is 37.6 Å². The molecule has 1 unspecified atom stereocenters. The van der Waals surface area contributed by atoms with Crippen LogP contribution in [0.4, 0.5) is 0 Å². The van der Waals surface area contributed by atoms with Crippen LogP contribution in [-0.4, -0.2) is 24.6 Å². The molecule has 0 aliphatic heterocycles. The molecule has 15 heavy (non-hydrogen) atoms. The van der Waals surface area contributed by atoms with Crippen LogP contribution in [-0.2, 0) is 24.2 Å². The number of ether oxygens (including phenoxy) is 1. The van der Waals surface area contributed by atoms with Gasteiger partial charge in [-0.3, -0.25) is 0 Å². The fraction of sp³-hybridized carbons (Fsp3) is 0.667. The molecule has 3 nitrogen and oxygen atoms in total. The van der Waals surface area contributed by atoms with E-state index >= 15 is 0 Å². The molecule has 84 valence electrons. The van der Waals surface area contributed by atoms with Crippen molar-refractivity contribution >= 4 is 20.5 Å². The van der Waals surface area contributed by atoms with Crippen LogP contribution in [0, 0.1) is 0 Å². The Morgan fingerprint density at radius 1 is 1.27 bits per heavy atom. The third kappa shape index (κ3) is 5.25. The van der Waals surface area contributed by atoms with Crippen LogP contribution in [0.2, 0.25) is 19.6 Å². The SMILES string of the molecule is CCOC([c-]1nccn1)[Si](C)(C)C.Cl.[Zn]. The number of halogens is 1. The Kier molecular flexibility index (Phi) is 8.91. The van der Waals surface area contributed by atoms with E-state index in [4.69, 9.17) is 4.74 Å². The standard InChI is InChI=1S/C9H17N2OSi.ClH.Zn/c1-5-12-9(13(2,3)4)8-10-6-7-11-8;;/h6-7,9H,5H2,1-4H3;1H;/q-1;;. The normalized spacial score (nSPS) is 12.5. The summed E-state index contributed by atoms with van der Waals surface area (Å²) in [5, 5.41) is 0. The fourth-order valence-corrected chi connectivity index (χ4v) is 2.86. The van der Waals surface area contributed by atoms with E-state index in [1.165, 1.54) is 0 Å². The molecule has 1 aromatic rings. The smallest absolute Gasteiger partial charge is 0.0733 e. The van der Waals surface area contributed by atoms with Crippen LogP contribution in [0.15, 0.2) is 12.4 Å². The second-order valence-corrected chi connectivity index (χ2v) is 9.37. The van der Waals surface area contributed by atoms with Gasteiger partial charge in [-0.25, -0.2) is 0 Å². The monoisotopic (exact) mass is 297 g/mol. The molecule has 0 N–H and O–H groups in total. The van der Waals surface area contributed by atoms with Crippen molar-refractivity contribution in [3.63, 3.8) is 0 Å². The summed E-state index contributed by atoms with van der Waals surface area (Å²) in [4.78, 5) is 8.40. The Hall–Kier alpha value is 0.300. The number of rotatable bonds is 4. The van der Waals surface area contributed by atoms with E-state index in [1.807, 2.05) is 6.92 Å². The Bertz CT molecular complexity index is 251. The second kappa shape index (κ2) is 7.55. The molecule has 0 bridgehead atoms. The first-order valence-corrected chi connectivity index (χ1v) is 8.18. The van der Waals surface area contributed by atoms with Gasteiger partial charge in [-0.15, -0.1) is 24.8 Å². The molecule has 0 aromatic carbocycles. The topological polar surface area (TPSA) is 35.0 Å². The minimum atomic E-state index is -1.36. The van der Waals surface area contributed by atoms with Crippen LogP contribution in [0.25, 0.3) is 0 Å². The number of imidazole rings is 1. The minimum Gasteiger partial charge on any atom is -0.386 e. The number of hydrogen-bond acceptors (Lipinski definition) is 3. The molecule has 1 atom stereocenters. The Morgan fingerprint density at radius 3 is 2.07 bits per heavy atom. The largest absolute Gasteiger partial charge is 0.386 e. The van der Waals surface area contributed by atoms with E-state index in [1.54, 1.807) is 12.4 Å². The zero-order valence-electron chi connectivity index (χ0n) is 9.86. The van der Waals surface area contributed by atoms with Crippen molar-refractivity contribution in [2.24, 2.45) is 0 Å². The molecule has 0 amide bonds. The van der Waals surface area contributed by atoms with Crippen molar-refractivity contribution in [2.75, 3.05) is 6.61 Å². The maximum atomic E-state index is 5.69. The van der Waals surface area contributed by atoms with Gasteiger partial charge in [-0.1, -0.05) is 19.6 Å². The molecule has 0 aliphatic rings. The fourth-order valence-electron chi connectivity index (χ4n) is 1.27. The average Bonchev–Trinajstić information content (AvgIpc) is 2.49. The molecule has 0 saturated heterocycles. The van der Waals surface area contributed by atoms with E-state index in [9.17, 15) is 0 Å². The number of aromatic nitrogens is 2. The molecule has 1 rings (SSSR count). The summed E-state index contributed by atoms with van der Waals surface area (Å²) in [5.41, 5.74) is 0.132. The first-order valence-electron chi connectivity index (χ1n) is 4.61. The van der Waals surface area contributed by atoms with Crippen molar-refractivity contribution in [1.82, 2.24) is 9.97 Å². The van der Waals surface area contributed by atoms with Crippen molar-refractivity contribution in [3.8, 4) is 0 Å². The molecular weight excluding hydrogens is 281 g/mol. The van der Waals surface area contributed by atoms with Gasteiger partial charge in [0.2, 0.25) is 0 Å². The second-order valence-electron chi connectivity index (χ2n) is 4.12. The Balaban J connectivity index is 0. The van der Waals surface area contributed by atoms with Crippen LogP contribution in [0.1, 0.15) is 18.5 Å². The first-order chi connectivity index (χ1) is 6.05. The number of hydrogen-bond donors (Lipinski definition) is 0. The maximum Gasteiger partial charge on any atom is 0.0733 e. The third-order valence-corrected chi connectivity index (χ3v) is 3.83. The van der Waals surface area contributed by atoms with Crippen molar-refractivity contribution in [2.45, 2.75) is 32.3 Å². The van der Waals surface area contributed by atoms with Gasteiger partial charge < -0.3 is 14.7 Å². The van der Waals surface area contributed by atoms with Crippen LogP contribution < -0.4 is 0 Å². The summed E-state index contributed by atoms with van der Waals surface area (Å²) in [6, 6.07) is 0. The molecule has 1 heterocycles. The summed E-state index contributed by atoms with van der Waals surface area (Å²) < 4.78 is 5.69. The van der Waals surface area contributed by atoms with Gasteiger partial charge in [0, 0.05) is 31.9 Å². The van der Waals surface area contributed by atoms with E-state index in [0.29, 0.717) is 0 Å². The quantitative estimate of drug-likeness (QED) is 0.633. The van der Waals surface area contributed by atoms with Crippen LogP contribution >= 0.6 is 12.4 Å². The molecule has 0 fully saturated rings. The van der Waals surface area contributed by atoms with E-state index < -0.39 is 8.07 Å². The molecule has 0 saturated carbocycles. The van der Waals surface area contributed by atoms with Gasteiger partial charge in [0.05, 0.1) is 13.8 Å². The Labute approximate surface area is 112 Å². The minimum absolute atomic E-state index is 0. The first kappa shape index (κ1) is 17.7. The summed E-state index contributed by atoms with van der Waals surface area (Å²) >= 11 is 0. The van der Waals surface area contributed by atoms with Crippen molar-refractivity contribution < 1.29 is 24.2 Å². The molecule has 1 aromatic heterocycles. The van der Waals surface area contributed by atoms with E-state index in [2.05, 4.69) is 29.6 Å². The van der Waals surface area contributed by atoms with Gasteiger partial charge >= 0.3 is 0 Å². The van der Waals surface area contributed by atoms with Crippen LogP contribution in [0.3, 0.4) is 0 Å². The van der Waals surface area contributed by atoms with Gasteiger partial charge in [-0.05, 0) is 6.92 Å². The molecule has 0 aliphatic carbocycles. The zero-order chi connectivity index (χ0) is 9.90. The maximum absolute atomic E-state index is 5.69. The van der Waals surface area contributed by atoms with Crippen molar-refractivity contribution in [1.29, 1.82) is 0 Å². The van der Waals surface area contributed by atoms with Gasteiger partial charge in [0.25, 0.3) is 0 Å². The average molecular weight is 299 g/mol. The summed E-state index contributed by atoms with van der Waals surface area (Å²) in [6.07, 6.45) is 3.45. The van der Waals surface area contributed by atoms with Crippen LogP contribution in [0.5, 0.6) is 0 Å². The van der Waals surface area contributed by atoms with Crippen molar-refractivity contribution in [3.05, 3.63) is 18.2 Å². The number of nitrogens with zero attached hydrogens (tertiary/aromatic N) is 2. The summed E-state index contributed by atoms with van der Waals surface area (Å²) in [7, 11) is -1.36.